The molecule has 2 aromatic carbocycles. The van der Waals surface area contributed by atoms with Crippen LogP contribution in [0.25, 0.3) is 0 Å². The lowest BCUT2D eigenvalue weighted by Crippen LogP contribution is -2.50. The maximum Gasteiger partial charge on any atom is 0.273 e. The summed E-state index contributed by atoms with van der Waals surface area (Å²) in [6.45, 7) is 0.463. The van der Waals surface area contributed by atoms with Gasteiger partial charge in [-0.3, -0.25) is 14.9 Å². The molecular weight excluding hydrogens is 389 g/mol. The maximum atomic E-state index is 13.3. The first-order chi connectivity index (χ1) is 13.3. The van der Waals surface area contributed by atoms with Gasteiger partial charge in [-0.15, -0.1) is 0 Å². The van der Waals surface area contributed by atoms with E-state index in [0.29, 0.717) is 5.56 Å². The molecule has 1 heterocycles. The van der Waals surface area contributed by atoms with Crippen LogP contribution in [0.15, 0.2) is 53.4 Å². The Balaban J connectivity index is 1.65. The van der Waals surface area contributed by atoms with Gasteiger partial charge in [0.15, 0.2) is 0 Å². The molecule has 8 nitrogen and oxygen atoms in total. The van der Waals surface area contributed by atoms with E-state index in [0.717, 1.165) is 6.07 Å². The predicted octanol–water partition coefficient (Wildman–Crippen LogP) is 1.81. The molecule has 0 atom stereocenters. The highest BCUT2D eigenvalue weighted by Crippen LogP contribution is 2.21. The summed E-state index contributed by atoms with van der Waals surface area (Å²) in [6.07, 6.45) is -0.131. The molecule has 148 valence electrons. The van der Waals surface area contributed by atoms with Crippen molar-refractivity contribution in [2.75, 3.05) is 26.2 Å². The fourth-order valence-corrected chi connectivity index (χ4v) is 4.52. The van der Waals surface area contributed by atoms with Gasteiger partial charge in [0.1, 0.15) is 5.82 Å². The summed E-state index contributed by atoms with van der Waals surface area (Å²) in [5.41, 5.74) is 0.190. The molecule has 1 saturated heterocycles. The Morgan fingerprint density at radius 2 is 1.75 bits per heavy atom. The number of nitro benzene ring substituents is 1. The van der Waals surface area contributed by atoms with Gasteiger partial charge in [0.05, 0.1) is 16.2 Å². The van der Waals surface area contributed by atoms with E-state index >= 15 is 0 Å². The van der Waals surface area contributed by atoms with Gasteiger partial charge >= 0.3 is 0 Å². The molecule has 0 radical (unpaired) electrons. The molecule has 1 amide bonds. The van der Waals surface area contributed by atoms with E-state index in [2.05, 4.69) is 0 Å². The number of benzene rings is 2. The number of para-hydroxylation sites is 1. The van der Waals surface area contributed by atoms with Crippen molar-refractivity contribution in [3.63, 3.8) is 0 Å². The van der Waals surface area contributed by atoms with Gasteiger partial charge in [-0.25, -0.2) is 12.8 Å². The first-order valence-corrected chi connectivity index (χ1v) is 9.99. The topological polar surface area (TPSA) is 101 Å². The van der Waals surface area contributed by atoms with Crippen LogP contribution < -0.4 is 0 Å². The number of halogens is 1. The average Bonchev–Trinajstić information content (AvgIpc) is 2.68. The van der Waals surface area contributed by atoms with Crippen molar-refractivity contribution in [3.05, 3.63) is 70.0 Å². The van der Waals surface area contributed by atoms with Crippen molar-refractivity contribution in [2.24, 2.45) is 0 Å². The third-order valence-electron chi connectivity index (χ3n) is 4.56. The van der Waals surface area contributed by atoms with Crippen LogP contribution in [0.4, 0.5) is 10.1 Å². The summed E-state index contributed by atoms with van der Waals surface area (Å²) in [7, 11) is -3.84. The fourth-order valence-electron chi connectivity index (χ4n) is 3.07. The van der Waals surface area contributed by atoms with Crippen molar-refractivity contribution in [1.29, 1.82) is 0 Å². The summed E-state index contributed by atoms with van der Waals surface area (Å²) in [6, 6.07) is 10.8. The van der Waals surface area contributed by atoms with E-state index in [4.69, 9.17) is 0 Å². The lowest BCUT2D eigenvalue weighted by Gasteiger charge is -2.34. The second kappa shape index (κ2) is 8.03. The molecule has 1 aliphatic rings. The molecular formula is C18H18FN3O5S. The smallest absolute Gasteiger partial charge is 0.273 e. The number of amides is 1. The van der Waals surface area contributed by atoms with Gasteiger partial charge < -0.3 is 4.90 Å². The molecule has 1 fully saturated rings. The van der Waals surface area contributed by atoms with Crippen LogP contribution in [0.2, 0.25) is 0 Å². The number of carbonyl (C=O) groups is 1. The highest BCUT2D eigenvalue weighted by Gasteiger charge is 2.30. The third-order valence-corrected chi connectivity index (χ3v) is 6.45. The first-order valence-electron chi connectivity index (χ1n) is 8.55. The number of piperazine rings is 1. The van der Waals surface area contributed by atoms with Gasteiger partial charge in [-0.1, -0.05) is 24.3 Å². The minimum absolute atomic E-state index is 0.0709. The van der Waals surface area contributed by atoms with E-state index in [-0.39, 0.29) is 49.1 Å². The molecule has 1 aliphatic heterocycles. The van der Waals surface area contributed by atoms with Crippen LogP contribution in [-0.4, -0.2) is 54.6 Å². The Kier molecular flexibility index (Phi) is 5.71. The molecule has 0 N–H and O–H groups in total. The molecule has 2 aromatic rings. The van der Waals surface area contributed by atoms with Crippen LogP contribution in [0.5, 0.6) is 0 Å². The molecule has 0 bridgehead atoms. The van der Waals surface area contributed by atoms with Crippen LogP contribution in [-0.2, 0) is 21.2 Å². The highest BCUT2D eigenvalue weighted by atomic mass is 32.2. The van der Waals surface area contributed by atoms with Crippen molar-refractivity contribution < 1.29 is 22.5 Å². The zero-order valence-corrected chi connectivity index (χ0v) is 15.6. The van der Waals surface area contributed by atoms with Crippen molar-refractivity contribution >= 4 is 21.6 Å². The monoisotopic (exact) mass is 407 g/mol. The highest BCUT2D eigenvalue weighted by molar-refractivity contribution is 7.89. The Hall–Kier alpha value is -2.85. The Labute approximate surface area is 161 Å². The number of hydrogen-bond acceptors (Lipinski definition) is 5. The SMILES string of the molecule is O=C(Cc1ccccc1[N+](=O)[O-])N1CCN(S(=O)(=O)c2cccc(F)c2)CC1. The number of nitrogens with zero attached hydrogens (tertiary/aromatic N) is 3. The first kappa shape index (κ1) is 19.9. The lowest BCUT2D eigenvalue weighted by molar-refractivity contribution is -0.385. The second-order valence-electron chi connectivity index (χ2n) is 6.30. The van der Waals surface area contributed by atoms with Gasteiger partial charge in [0.25, 0.3) is 5.69 Å². The summed E-state index contributed by atoms with van der Waals surface area (Å²) in [5.74, 6) is -0.948. The van der Waals surface area contributed by atoms with Crippen molar-refractivity contribution in [3.8, 4) is 0 Å². The van der Waals surface area contributed by atoms with Crippen molar-refractivity contribution in [2.45, 2.75) is 11.3 Å². The minimum Gasteiger partial charge on any atom is -0.340 e. The normalized spacial score (nSPS) is 15.4. The lowest BCUT2D eigenvalue weighted by atomic mass is 10.1. The molecule has 0 aromatic heterocycles. The second-order valence-corrected chi connectivity index (χ2v) is 8.24. The van der Waals surface area contributed by atoms with E-state index in [1.165, 1.54) is 45.6 Å². The maximum absolute atomic E-state index is 13.3. The molecule has 10 heteroatoms. The van der Waals surface area contributed by atoms with Crippen LogP contribution in [0, 0.1) is 15.9 Å². The standard InChI is InChI=1S/C18H18FN3O5S/c19-15-5-3-6-16(13-15)28(26,27)21-10-8-20(9-11-21)18(23)12-14-4-1-2-7-17(14)22(24)25/h1-7,13H,8-12H2. The van der Waals surface area contributed by atoms with E-state index < -0.39 is 20.8 Å². The van der Waals surface area contributed by atoms with E-state index in [9.17, 15) is 27.7 Å². The van der Waals surface area contributed by atoms with E-state index in [1.54, 1.807) is 6.07 Å². The predicted molar refractivity (Wildman–Crippen MR) is 98.5 cm³/mol. The zero-order valence-electron chi connectivity index (χ0n) is 14.8. The quantitative estimate of drug-likeness (QED) is 0.556. The summed E-state index contributed by atoms with van der Waals surface area (Å²) < 4.78 is 39.8. The molecule has 28 heavy (non-hydrogen) atoms. The third kappa shape index (κ3) is 4.18. The van der Waals surface area contributed by atoms with Crippen molar-refractivity contribution in [1.82, 2.24) is 9.21 Å². The molecule has 0 spiro atoms. The van der Waals surface area contributed by atoms with Crippen LogP contribution in [0.1, 0.15) is 5.56 Å². The number of rotatable bonds is 5. The van der Waals surface area contributed by atoms with Gasteiger partial charge in [0, 0.05) is 37.8 Å². The van der Waals surface area contributed by atoms with Crippen LogP contribution in [0.3, 0.4) is 0 Å². The van der Waals surface area contributed by atoms with Gasteiger partial charge in [-0.05, 0) is 18.2 Å². The molecule has 0 unspecified atom stereocenters. The Morgan fingerprint density at radius 3 is 2.39 bits per heavy atom. The van der Waals surface area contributed by atoms with E-state index in [1.807, 2.05) is 0 Å². The van der Waals surface area contributed by atoms with Gasteiger partial charge in [0.2, 0.25) is 15.9 Å². The van der Waals surface area contributed by atoms with Gasteiger partial charge in [-0.2, -0.15) is 4.31 Å². The average molecular weight is 407 g/mol. The molecule has 3 rings (SSSR count). The number of carbonyl (C=O) groups excluding carboxylic acids is 1. The number of sulfonamides is 1. The largest absolute Gasteiger partial charge is 0.340 e. The molecule has 0 saturated carbocycles. The number of nitro groups is 1. The zero-order chi connectivity index (χ0) is 20.3. The molecule has 0 aliphatic carbocycles. The summed E-state index contributed by atoms with van der Waals surface area (Å²) in [4.78, 5) is 24.4. The minimum atomic E-state index is -3.84. The van der Waals surface area contributed by atoms with Crippen LogP contribution >= 0.6 is 0 Å². The number of hydrogen-bond donors (Lipinski definition) is 0. The fraction of sp³-hybridized carbons (Fsp3) is 0.278. The Bertz CT molecular complexity index is 1000. The summed E-state index contributed by atoms with van der Waals surface area (Å²) in [5, 5.41) is 11.1. The Morgan fingerprint density at radius 1 is 1.07 bits per heavy atom. The summed E-state index contributed by atoms with van der Waals surface area (Å²) >= 11 is 0.